The van der Waals surface area contributed by atoms with Crippen molar-refractivity contribution in [3.05, 3.63) is 105 Å². The topological polar surface area (TPSA) is 85.3 Å². The molecule has 0 amide bonds. The number of rotatable bonds is 3. The molecule has 0 fully saturated rings. The van der Waals surface area contributed by atoms with Gasteiger partial charge in [-0.1, -0.05) is 52.3 Å². The summed E-state index contributed by atoms with van der Waals surface area (Å²) in [5.41, 5.74) is 9.39. The van der Waals surface area contributed by atoms with E-state index in [1.54, 1.807) is 30.3 Å². The fourth-order valence-electron chi connectivity index (χ4n) is 3.49. The molecule has 3 aromatic rings. The molecule has 0 aliphatic carbocycles. The summed E-state index contributed by atoms with van der Waals surface area (Å²) in [5, 5.41) is 9.66. The van der Waals surface area contributed by atoms with Crippen LogP contribution >= 0.6 is 15.9 Å². The van der Waals surface area contributed by atoms with Crippen LogP contribution in [0.3, 0.4) is 0 Å². The molecule has 4 rings (SSSR count). The molecule has 0 saturated heterocycles. The van der Waals surface area contributed by atoms with E-state index in [0.29, 0.717) is 22.6 Å². The van der Waals surface area contributed by atoms with E-state index in [0.717, 1.165) is 21.2 Å². The van der Waals surface area contributed by atoms with Crippen LogP contribution in [-0.2, 0) is 0 Å². The summed E-state index contributed by atoms with van der Waals surface area (Å²) in [4.78, 5) is 12.5. The molecule has 1 unspecified atom stereocenters. The zero-order valence-electron chi connectivity index (χ0n) is 16.1. The summed E-state index contributed by atoms with van der Waals surface area (Å²) in [7, 11) is 0. The van der Waals surface area contributed by atoms with Gasteiger partial charge in [0, 0.05) is 16.1 Å². The Morgan fingerprint density at radius 1 is 1.13 bits per heavy atom. The molecular formula is C24H17BrN2O3. The van der Waals surface area contributed by atoms with Crippen LogP contribution in [0.4, 0.5) is 0 Å². The van der Waals surface area contributed by atoms with E-state index >= 15 is 0 Å². The average molecular weight is 461 g/mol. The van der Waals surface area contributed by atoms with Crippen molar-refractivity contribution in [1.29, 1.82) is 5.26 Å². The van der Waals surface area contributed by atoms with Gasteiger partial charge in [0.25, 0.3) is 0 Å². The number of ether oxygens (including phenoxy) is 2. The molecule has 0 spiro atoms. The summed E-state index contributed by atoms with van der Waals surface area (Å²) in [5.74, 6) is -0.00175. The van der Waals surface area contributed by atoms with Crippen molar-refractivity contribution in [2.45, 2.75) is 12.8 Å². The molecule has 5 nitrogen and oxygen atoms in total. The standard InChI is InChI=1S/C24H17BrN2O3/c1-14-5-2-3-8-18(14)24(28)29-17-9-10-19-21(12-17)30-23(27)20(13-26)22(19)15-6-4-7-16(25)11-15/h2-12,22H,27H2,1H3. The molecule has 1 aliphatic heterocycles. The number of allylic oxidation sites excluding steroid dienone is 1. The normalized spacial score (nSPS) is 15.0. The molecule has 6 heteroatoms. The van der Waals surface area contributed by atoms with Crippen LogP contribution in [0.2, 0.25) is 0 Å². The number of nitriles is 1. The van der Waals surface area contributed by atoms with Crippen molar-refractivity contribution in [2.24, 2.45) is 5.73 Å². The van der Waals surface area contributed by atoms with Gasteiger partial charge < -0.3 is 15.2 Å². The first kappa shape index (κ1) is 19.7. The molecule has 0 bridgehead atoms. The highest BCUT2D eigenvalue weighted by Gasteiger charge is 2.31. The van der Waals surface area contributed by atoms with Crippen LogP contribution < -0.4 is 15.2 Å². The van der Waals surface area contributed by atoms with E-state index in [1.807, 2.05) is 43.3 Å². The van der Waals surface area contributed by atoms with Crippen molar-refractivity contribution < 1.29 is 14.3 Å². The van der Waals surface area contributed by atoms with E-state index in [2.05, 4.69) is 22.0 Å². The van der Waals surface area contributed by atoms with E-state index in [1.165, 1.54) is 0 Å². The molecule has 30 heavy (non-hydrogen) atoms. The summed E-state index contributed by atoms with van der Waals surface area (Å²) in [6.07, 6.45) is 0. The number of aryl methyl sites for hydroxylation is 1. The van der Waals surface area contributed by atoms with Crippen molar-refractivity contribution in [2.75, 3.05) is 0 Å². The minimum atomic E-state index is -0.450. The Labute approximate surface area is 182 Å². The SMILES string of the molecule is Cc1ccccc1C(=O)Oc1ccc2c(c1)OC(N)=C(C#N)C2c1cccc(Br)c1. The van der Waals surface area contributed by atoms with Crippen LogP contribution in [0.1, 0.15) is 33.0 Å². The molecule has 1 atom stereocenters. The Kier molecular flexibility index (Phi) is 5.30. The second-order valence-corrected chi connectivity index (χ2v) is 7.80. The van der Waals surface area contributed by atoms with Crippen molar-refractivity contribution >= 4 is 21.9 Å². The highest BCUT2D eigenvalue weighted by Crippen LogP contribution is 2.43. The third-order valence-electron chi connectivity index (χ3n) is 4.95. The minimum Gasteiger partial charge on any atom is -0.440 e. The Hall–Kier alpha value is -3.56. The van der Waals surface area contributed by atoms with Gasteiger partial charge in [-0.05, 0) is 42.3 Å². The lowest BCUT2D eigenvalue weighted by Gasteiger charge is -2.26. The first-order chi connectivity index (χ1) is 14.5. The van der Waals surface area contributed by atoms with Gasteiger partial charge in [-0.3, -0.25) is 0 Å². The number of nitrogens with zero attached hydrogens (tertiary/aromatic N) is 1. The Balaban J connectivity index is 1.71. The van der Waals surface area contributed by atoms with Gasteiger partial charge in [-0.15, -0.1) is 0 Å². The second-order valence-electron chi connectivity index (χ2n) is 6.88. The number of carbonyl (C=O) groups excluding carboxylic acids is 1. The van der Waals surface area contributed by atoms with Crippen molar-refractivity contribution in [3.8, 4) is 17.6 Å². The average Bonchev–Trinajstić information content (AvgIpc) is 2.73. The van der Waals surface area contributed by atoms with Crippen molar-refractivity contribution in [1.82, 2.24) is 0 Å². The maximum atomic E-state index is 12.5. The third-order valence-corrected chi connectivity index (χ3v) is 5.44. The van der Waals surface area contributed by atoms with Crippen molar-refractivity contribution in [3.63, 3.8) is 0 Å². The zero-order valence-corrected chi connectivity index (χ0v) is 17.6. The summed E-state index contributed by atoms with van der Waals surface area (Å²) >= 11 is 3.47. The fourth-order valence-corrected chi connectivity index (χ4v) is 3.91. The first-order valence-corrected chi connectivity index (χ1v) is 10.0. The van der Waals surface area contributed by atoms with Crippen LogP contribution in [0, 0.1) is 18.3 Å². The van der Waals surface area contributed by atoms with E-state index in [4.69, 9.17) is 15.2 Å². The third kappa shape index (κ3) is 3.68. The maximum absolute atomic E-state index is 12.5. The molecule has 0 aromatic heterocycles. The number of halogens is 1. The van der Waals surface area contributed by atoms with Crippen LogP contribution in [-0.4, -0.2) is 5.97 Å². The predicted molar refractivity (Wildman–Crippen MR) is 116 cm³/mol. The van der Waals surface area contributed by atoms with Gasteiger partial charge in [-0.2, -0.15) is 5.26 Å². The van der Waals surface area contributed by atoms with Gasteiger partial charge in [-0.25, -0.2) is 4.79 Å². The number of nitrogens with two attached hydrogens (primary N) is 1. The molecule has 1 aliphatic rings. The number of benzene rings is 3. The molecule has 148 valence electrons. The number of hydrogen-bond acceptors (Lipinski definition) is 5. The molecule has 2 N–H and O–H groups in total. The Morgan fingerprint density at radius 2 is 1.93 bits per heavy atom. The van der Waals surface area contributed by atoms with E-state index in [9.17, 15) is 10.1 Å². The predicted octanol–water partition coefficient (Wildman–Crippen LogP) is 5.19. The lowest BCUT2D eigenvalue weighted by molar-refractivity contribution is 0.0733. The number of fused-ring (bicyclic) bond motifs is 1. The summed E-state index contributed by atoms with van der Waals surface area (Å²) < 4.78 is 12.1. The Morgan fingerprint density at radius 3 is 2.67 bits per heavy atom. The molecule has 1 heterocycles. The quantitative estimate of drug-likeness (QED) is 0.429. The number of esters is 1. The number of hydrogen-bond donors (Lipinski definition) is 1. The maximum Gasteiger partial charge on any atom is 0.343 e. The van der Waals surface area contributed by atoms with E-state index in [-0.39, 0.29) is 11.8 Å². The van der Waals surface area contributed by atoms with Gasteiger partial charge in [0.05, 0.1) is 11.5 Å². The van der Waals surface area contributed by atoms with Crippen LogP contribution in [0.5, 0.6) is 11.5 Å². The van der Waals surface area contributed by atoms with Crippen LogP contribution in [0.15, 0.2) is 82.7 Å². The van der Waals surface area contributed by atoms with Gasteiger partial charge in [0.1, 0.15) is 23.1 Å². The monoisotopic (exact) mass is 460 g/mol. The second kappa shape index (κ2) is 8.05. The van der Waals surface area contributed by atoms with E-state index < -0.39 is 5.97 Å². The zero-order chi connectivity index (χ0) is 21.3. The van der Waals surface area contributed by atoms with Gasteiger partial charge in [0.15, 0.2) is 0 Å². The molecule has 0 radical (unpaired) electrons. The van der Waals surface area contributed by atoms with Crippen LogP contribution in [0.25, 0.3) is 0 Å². The molecule has 0 saturated carbocycles. The largest absolute Gasteiger partial charge is 0.440 e. The number of carbonyl (C=O) groups is 1. The summed E-state index contributed by atoms with van der Waals surface area (Å²) in [6, 6.07) is 22.2. The molecule has 3 aromatic carbocycles. The van der Waals surface area contributed by atoms with Gasteiger partial charge >= 0.3 is 5.97 Å². The smallest absolute Gasteiger partial charge is 0.343 e. The summed E-state index contributed by atoms with van der Waals surface area (Å²) in [6.45, 7) is 1.85. The highest BCUT2D eigenvalue weighted by atomic mass is 79.9. The first-order valence-electron chi connectivity index (χ1n) is 9.22. The molecular weight excluding hydrogens is 444 g/mol. The Bertz CT molecular complexity index is 1230. The highest BCUT2D eigenvalue weighted by molar-refractivity contribution is 9.10. The fraction of sp³-hybridized carbons (Fsp3) is 0.0833. The lowest BCUT2D eigenvalue weighted by atomic mass is 9.83. The minimum absolute atomic E-state index is 0.0392. The van der Waals surface area contributed by atoms with Gasteiger partial charge in [0.2, 0.25) is 5.88 Å². The lowest BCUT2D eigenvalue weighted by Crippen LogP contribution is -2.21.